The zero-order valence-corrected chi connectivity index (χ0v) is 7.93. The summed E-state index contributed by atoms with van der Waals surface area (Å²) in [6.07, 6.45) is 8.36. The first kappa shape index (κ1) is 8.63. The Morgan fingerprint density at radius 2 is 2.00 bits per heavy atom. The van der Waals surface area contributed by atoms with E-state index in [0.29, 0.717) is 5.41 Å². The molecule has 0 aromatic rings. The first-order valence-corrected chi connectivity index (χ1v) is 4.47. The lowest BCUT2D eigenvalue weighted by Gasteiger charge is -2.28. The SMILES string of the molecule is CN1/C=C\CCC(C)(C)CC1. The van der Waals surface area contributed by atoms with E-state index in [1.54, 1.807) is 0 Å². The number of hydrogen-bond donors (Lipinski definition) is 0. The summed E-state index contributed by atoms with van der Waals surface area (Å²) in [5, 5.41) is 0. The quantitative estimate of drug-likeness (QED) is 0.517. The molecule has 0 unspecified atom stereocenters. The molecule has 0 N–H and O–H groups in total. The van der Waals surface area contributed by atoms with Crippen molar-refractivity contribution >= 4 is 0 Å². The van der Waals surface area contributed by atoms with Crippen LogP contribution in [-0.4, -0.2) is 18.5 Å². The van der Waals surface area contributed by atoms with Crippen LogP contribution < -0.4 is 0 Å². The highest BCUT2D eigenvalue weighted by molar-refractivity contribution is 4.87. The van der Waals surface area contributed by atoms with Gasteiger partial charge in [0.25, 0.3) is 0 Å². The molecule has 0 spiro atoms. The highest BCUT2D eigenvalue weighted by atomic mass is 15.1. The van der Waals surface area contributed by atoms with Gasteiger partial charge in [0, 0.05) is 13.6 Å². The molecule has 1 nitrogen and oxygen atoms in total. The van der Waals surface area contributed by atoms with Crippen LogP contribution in [0.3, 0.4) is 0 Å². The third kappa shape index (κ3) is 2.96. The van der Waals surface area contributed by atoms with E-state index in [4.69, 9.17) is 0 Å². The van der Waals surface area contributed by atoms with Gasteiger partial charge in [-0.1, -0.05) is 19.9 Å². The lowest BCUT2D eigenvalue weighted by Crippen LogP contribution is -2.22. The Kier molecular flexibility index (Phi) is 2.58. The first-order chi connectivity index (χ1) is 5.10. The van der Waals surface area contributed by atoms with Crippen molar-refractivity contribution < 1.29 is 0 Å². The molecule has 0 bridgehead atoms. The molecule has 1 heteroatoms. The molecular formula is C10H19N. The van der Waals surface area contributed by atoms with Gasteiger partial charge in [0.1, 0.15) is 0 Å². The smallest absolute Gasteiger partial charge is 0.0174 e. The van der Waals surface area contributed by atoms with Gasteiger partial charge in [-0.15, -0.1) is 0 Å². The predicted molar refractivity (Wildman–Crippen MR) is 49.4 cm³/mol. The fourth-order valence-corrected chi connectivity index (χ4v) is 1.41. The van der Waals surface area contributed by atoms with Crippen molar-refractivity contribution in [2.45, 2.75) is 33.1 Å². The number of hydrogen-bond acceptors (Lipinski definition) is 1. The molecule has 1 aliphatic rings. The molecule has 0 saturated carbocycles. The molecule has 0 atom stereocenters. The first-order valence-electron chi connectivity index (χ1n) is 4.47. The van der Waals surface area contributed by atoms with Crippen LogP contribution in [0.5, 0.6) is 0 Å². The molecule has 0 aromatic heterocycles. The largest absolute Gasteiger partial charge is 0.381 e. The van der Waals surface area contributed by atoms with Crippen LogP contribution in [0.1, 0.15) is 33.1 Å². The number of rotatable bonds is 0. The second-order valence-electron chi connectivity index (χ2n) is 4.32. The van der Waals surface area contributed by atoms with Gasteiger partial charge in [0.2, 0.25) is 0 Å². The van der Waals surface area contributed by atoms with Gasteiger partial charge in [-0.3, -0.25) is 0 Å². The number of nitrogens with zero attached hydrogens (tertiary/aromatic N) is 1. The monoisotopic (exact) mass is 153 g/mol. The summed E-state index contributed by atoms with van der Waals surface area (Å²) in [5.41, 5.74) is 0.541. The molecule has 0 aliphatic carbocycles. The summed E-state index contributed by atoms with van der Waals surface area (Å²) >= 11 is 0. The molecule has 11 heavy (non-hydrogen) atoms. The van der Waals surface area contributed by atoms with Crippen LogP contribution in [-0.2, 0) is 0 Å². The van der Waals surface area contributed by atoms with Crippen molar-refractivity contribution in [3.8, 4) is 0 Å². The van der Waals surface area contributed by atoms with Crippen molar-refractivity contribution in [3.05, 3.63) is 12.3 Å². The molecule has 0 radical (unpaired) electrons. The molecule has 0 aromatic carbocycles. The lowest BCUT2D eigenvalue weighted by molar-refractivity contribution is 0.261. The zero-order chi connectivity index (χ0) is 8.32. The maximum Gasteiger partial charge on any atom is 0.0174 e. The van der Waals surface area contributed by atoms with Crippen molar-refractivity contribution in [2.75, 3.05) is 13.6 Å². The minimum Gasteiger partial charge on any atom is -0.381 e. The van der Waals surface area contributed by atoms with Crippen LogP contribution in [0.2, 0.25) is 0 Å². The summed E-state index contributed by atoms with van der Waals surface area (Å²) in [6, 6.07) is 0. The maximum atomic E-state index is 2.36. The number of allylic oxidation sites excluding steroid dienone is 1. The van der Waals surface area contributed by atoms with Crippen LogP contribution in [0.4, 0.5) is 0 Å². The molecule has 1 rings (SSSR count). The molecule has 1 aliphatic heterocycles. The standard InChI is InChI=1S/C10H19N/c1-10(2)6-4-5-8-11(3)9-7-10/h5,8H,4,6-7,9H2,1-3H3/b8-5-. The van der Waals surface area contributed by atoms with E-state index >= 15 is 0 Å². The summed E-state index contributed by atoms with van der Waals surface area (Å²) in [5.74, 6) is 0. The van der Waals surface area contributed by atoms with E-state index in [2.05, 4.69) is 38.1 Å². The zero-order valence-electron chi connectivity index (χ0n) is 7.93. The Balaban J connectivity index is 2.51. The topological polar surface area (TPSA) is 3.24 Å². The Hall–Kier alpha value is -0.460. The molecular weight excluding hydrogens is 134 g/mol. The fraction of sp³-hybridized carbons (Fsp3) is 0.800. The normalized spacial score (nSPS) is 27.4. The summed E-state index contributed by atoms with van der Waals surface area (Å²) in [4.78, 5) is 2.28. The molecule has 0 amide bonds. The highest BCUT2D eigenvalue weighted by Gasteiger charge is 2.17. The van der Waals surface area contributed by atoms with Gasteiger partial charge in [0.05, 0.1) is 0 Å². The van der Waals surface area contributed by atoms with E-state index in [9.17, 15) is 0 Å². The van der Waals surface area contributed by atoms with Gasteiger partial charge in [0.15, 0.2) is 0 Å². The van der Waals surface area contributed by atoms with Crippen LogP contribution in [0.25, 0.3) is 0 Å². The van der Waals surface area contributed by atoms with E-state index in [1.165, 1.54) is 25.8 Å². The van der Waals surface area contributed by atoms with Gasteiger partial charge in [-0.25, -0.2) is 0 Å². The minimum absolute atomic E-state index is 0.541. The average molecular weight is 153 g/mol. The second-order valence-corrected chi connectivity index (χ2v) is 4.32. The lowest BCUT2D eigenvalue weighted by atomic mass is 9.84. The summed E-state index contributed by atoms with van der Waals surface area (Å²) in [7, 11) is 2.15. The Morgan fingerprint density at radius 1 is 1.27 bits per heavy atom. The third-order valence-electron chi connectivity index (χ3n) is 2.49. The fourth-order valence-electron chi connectivity index (χ4n) is 1.41. The van der Waals surface area contributed by atoms with Crippen LogP contribution >= 0.6 is 0 Å². The van der Waals surface area contributed by atoms with Gasteiger partial charge >= 0.3 is 0 Å². The van der Waals surface area contributed by atoms with Crippen LogP contribution in [0.15, 0.2) is 12.3 Å². The molecule has 0 saturated heterocycles. The van der Waals surface area contributed by atoms with Crippen molar-refractivity contribution in [3.63, 3.8) is 0 Å². The van der Waals surface area contributed by atoms with E-state index in [0.717, 1.165) is 0 Å². The molecule has 64 valence electrons. The average Bonchev–Trinajstić information content (AvgIpc) is 1.92. The van der Waals surface area contributed by atoms with E-state index in [-0.39, 0.29) is 0 Å². The van der Waals surface area contributed by atoms with Gasteiger partial charge in [-0.2, -0.15) is 0 Å². The van der Waals surface area contributed by atoms with Crippen molar-refractivity contribution in [1.82, 2.24) is 4.90 Å². The second kappa shape index (κ2) is 3.29. The van der Waals surface area contributed by atoms with E-state index < -0.39 is 0 Å². The van der Waals surface area contributed by atoms with Gasteiger partial charge in [-0.05, 0) is 30.9 Å². The minimum atomic E-state index is 0.541. The van der Waals surface area contributed by atoms with Crippen LogP contribution in [0, 0.1) is 5.41 Å². The van der Waals surface area contributed by atoms with Gasteiger partial charge < -0.3 is 4.90 Å². The highest BCUT2D eigenvalue weighted by Crippen LogP contribution is 2.28. The maximum absolute atomic E-state index is 2.36. The Labute approximate surface area is 70.1 Å². The Bertz CT molecular complexity index is 147. The summed E-state index contributed by atoms with van der Waals surface area (Å²) < 4.78 is 0. The molecule has 1 heterocycles. The third-order valence-corrected chi connectivity index (χ3v) is 2.49. The van der Waals surface area contributed by atoms with Crippen molar-refractivity contribution in [2.24, 2.45) is 5.41 Å². The molecule has 0 fully saturated rings. The van der Waals surface area contributed by atoms with Crippen molar-refractivity contribution in [1.29, 1.82) is 0 Å². The van der Waals surface area contributed by atoms with E-state index in [1.807, 2.05) is 0 Å². The predicted octanol–water partition coefficient (Wildman–Crippen LogP) is 2.64. The summed E-state index contributed by atoms with van der Waals surface area (Å²) in [6.45, 7) is 5.92. The Morgan fingerprint density at radius 3 is 2.73 bits per heavy atom.